The van der Waals surface area contributed by atoms with Crippen molar-refractivity contribution in [1.82, 2.24) is 5.32 Å². The van der Waals surface area contributed by atoms with Crippen LogP contribution in [0.4, 0.5) is 10.5 Å². The number of benzene rings is 3. The fourth-order valence-electron chi connectivity index (χ4n) is 2.27. The maximum Gasteiger partial charge on any atom is 0.319 e. The number of halogens is 1. The molecule has 0 bridgehead atoms. The molecule has 2 N–H and O–H groups in total. The van der Waals surface area contributed by atoms with Crippen molar-refractivity contribution in [3.8, 4) is 0 Å². The van der Waals surface area contributed by atoms with Crippen LogP contribution in [0.3, 0.4) is 0 Å². The van der Waals surface area contributed by atoms with Crippen LogP contribution >= 0.6 is 23.4 Å². The summed E-state index contributed by atoms with van der Waals surface area (Å²) in [5.74, 6) is 0. The van der Waals surface area contributed by atoms with Gasteiger partial charge in [-0.2, -0.15) is 0 Å². The molecule has 0 saturated carbocycles. The highest BCUT2D eigenvalue weighted by Gasteiger charge is 2.07. The van der Waals surface area contributed by atoms with Gasteiger partial charge in [0.2, 0.25) is 0 Å². The van der Waals surface area contributed by atoms with Crippen molar-refractivity contribution in [2.24, 2.45) is 0 Å². The Morgan fingerprint density at radius 3 is 2.48 bits per heavy atom. The SMILES string of the molecule is O=C(NCc1cccc(Cl)c1)Nc1ccccc1Sc1ccccc1. The number of hydrogen-bond donors (Lipinski definition) is 2. The third-order valence-electron chi connectivity index (χ3n) is 3.45. The lowest BCUT2D eigenvalue weighted by atomic mass is 10.2. The van der Waals surface area contributed by atoms with Gasteiger partial charge in [0.05, 0.1) is 5.69 Å². The van der Waals surface area contributed by atoms with E-state index in [1.807, 2.05) is 78.9 Å². The number of hydrogen-bond acceptors (Lipinski definition) is 2. The van der Waals surface area contributed by atoms with E-state index in [4.69, 9.17) is 11.6 Å². The number of carbonyl (C=O) groups excluding carboxylic acids is 1. The highest BCUT2D eigenvalue weighted by Crippen LogP contribution is 2.33. The van der Waals surface area contributed by atoms with E-state index in [-0.39, 0.29) is 6.03 Å². The standard InChI is InChI=1S/C20H17ClN2OS/c21-16-8-6-7-15(13-16)14-22-20(24)23-18-11-4-5-12-19(18)25-17-9-2-1-3-10-17/h1-13H,14H2,(H2,22,23,24). The van der Waals surface area contributed by atoms with Gasteiger partial charge in [0, 0.05) is 21.4 Å². The molecule has 0 unspecified atom stereocenters. The molecule has 3 rings (SSSR count). The fourth-order valence-corrected chi connectivity index (χ4v) is 3.41. The minimum Gasteiger partial charge on any atom is -0.334 e. The highest BCUT2D eigenvalue weighted by atomic mass is 35.5. The molecule has 126 valence electrons. The molecule has 0 aliphatic rings. The molecule has 3 aromatic carbocycles. The van der Waals surface area contributed by atoms with Gasteiger partial charge < -0.3 is 10.6 Å². The summed E-state index contributed by atoms with van der Waals surface area (Å²) in [5.41, 5.74) is 1.73. The van der Waals surface area contributed by atoms with E-state index in [1.165, 1.54) is 0 Å². The van der Waals surface area contributed by atoms with Crippen LogP contribution in [0.2, 0.25) is 5.02 Å². The van der Waals surface area contributed by atoms with Crippen molar-refractivity contribution in [3.63, 3.8) is 0 Å². The van der Waals surface area contributed by atoms with Gasteiger partial charge in [-0.25, -0.2) is 4.79 Å². The van der Waals surface area contributed by atoms with Crippen LogP contribution in [0.25, 0.3) is 0 Å². The second-order valence-corrected chi connectivity index (χ2v) is 6.90. The lowest BCUT2D eigenvalue weighted by Gasteiger charge is -2.12. The van der Waals surface area contributed by atoms with Gasteiger partial charge in [-0.05, 0) is 42.0 Å². The molecule has 0 radical (unpaired) electrons. The van der Waals surface area contributed by atoms with Crippen molar-refractivity contribution >= 4 is 35.1 Å². The second-order valence-electron chi connectivity index (χ2n) is 5.35. The van der Waals surface area contributed by atoms with Crippen LogP contribution in [0.5, 0.6) is 0 Å². The summed E-state index contributed by atoms with van der Waals surface area (Å²) in [4.78, 5) is 14.3. The van der Waals surface area contributed by atoms with Gasteiger partial charge in [0.25, 0.3) is 0 Å². The largest absolute Gasteiger partial charge is 0.334 e. The molecule has 25 heavy (non-hydrogen) atoms. The second kappa shape index (κ2) is 8.60. The Bertz CT molecular complexity index is 855. The molecular formula is C20H17ClN2OS. The minimum absolute atomic E-state index is 0.249. The Morgan fingerprint density at radius 1 is 0.920 bits per heavy atom. The predicted octanol–water partition coefficient (Wildman–Crippen LogP) is 5.81. The molecule has 3 aromatic rings. The molecule has 2 amide bonds. The molecule has 0 aromatic heterocycles. The smallest absolute Gasteiger partial charge is 0.319 e. The lowest BCUT2D eigenvalue weighted by molar-refractivity contribution is 0.251. The number of rotatable bonds is 5. The quantitative estimate of drug-likeness (QED) is 0.596. The van der Waals surface area contributed by atoms with Crippen molar-refractivity contribution in [3.05, 3.63) is 89.4 Å². The summed E-state index contributed by atoms with van der Waals surface area (Å²) in [6.45, 7) is 0.417. The number of carbonyl (C=O) groups is 1. The van der Waals surface area contributed by atoms with E-state index < -0.39 is 0 Å². The van der Waals surface area contributed by atoms with E-state index in [9.17, 15) is 4.79 Å². The molecule has 0 atom stereocenters. The van der Waals surface area contributed by atoms with Crippen molar-refractivity contribution < 1.29 is 4.79 Å². The van der Waals surface area contributed by atoms with Gasteiger partial charge in [-0.1, -0.05) is 65.8 Å². The van der Waals surface area contributed by atoms with Crippen molar-refractivity contribution in [1.29, 1.82) is 0 Å². The number of amides is 2. The monoisotopic (exact) mass is 368 g/mol. The Labute approximate surface area is 156 Å². The molecule has 0 spiro atoms. The molecular weight excluding hydrogens is 352 g/mol. The van der Waals surface area contributed by atoms with Gasteiger partial charge in [-0.3, -0.25) is 0 Å². The topological polar surface area (TPSA) is 41.1 Å². The summed E-state index contributed by atoms with van der Waals surface area (Å²) in [5, 5.41) is 6.42. The summed E-state index contributed by atoms with van der Waals surface area (Å²) < 4.78 is 0. The Kier molecular flexibility index (Phi) is 5.99. The number of anilines is 1. The van der Waals surface area contributed by atoms with Gasteiger partial charge >= 0.3 is 6.03 Å². The van der Waals surface area contributed by atoms with Gasteiger partial charge in [0.1, 0.15) is 0 Å². The van der Waals surface area contributed by atoms with Crippen LogP contribution in [-0.2, 0) is 6.54 Å². The van der Waals surface area contributed by atoms with E-state index in [1.54, 1.807) is 11.8 Å². The molecule has 0 saturated heterocycles. The van der Waals surface area contributed by atoms with Crippen LogP contribution in [-0.4, -0.2) is 6.03 Å². The number of nitrogens with one attached hydrogen (secondary N) is 2. The van der Waals surface area contributed by atoms with Gasteiger partial charge in [0.15, 0.2) is 0 Å². The third kappa shape index (κ3) is 5.28. The van der Waals surface area contributed by atoms with E-state index in [0.29, 0.717) is 11.6 Å². The Hall–Kier alpha value is -2.43. The zero-order valence-electron chi connectivity index (χ0n) is 13.4. The zero-order chi connectivity index (χ0) is 17.5. The van der Waals surface area contributed by atoms with E-state index in [0.717, 1.165) is 21.0 Å². The molecule has 0 aliphatic heterocycles. The normalized spacial score (nSPS) is 10.3. The predicted molar refractivity (Wildman–Crippen MR) is 104 cm³/mol. The van der Waals surface area contributed by atoms with Crippen LogP contribution in [0, 0.1) is 0 Å². The van der Waals surface area contributed by atoms with Gasteiger partial charge in [-0.15, -0.1) is 0 Å². The average Bonchev–Trinajstić information content (AvgIpc) is 2.63. The summed E-state index contributed by atoms with van der Waals surface area (Å²) >= 11 is 7.57. The van der Waals surface area contributed by atoms with Crippen LogP contribution < -0.4 is 10.6 Å². The minimum atomic E-state index is -0.249. The number of urea groups is 1. The lowest BCUT2D eigenvalue weighted by Crippen LogP contribution is -2.28. The maximum atomic E-state index is 12.2. The molecule has 0 aliphatic carbocycles. The fraction of sp³-hybridized carbons (Fsp3) is 0.0500. The first-order valence-electron chi connectivity index (χ1n) is 7.82. The molecule has 0 heterocycles. The van der Waals surface area contributed by atoms with E-state index in [2.05, 4.69) is 10.6 Å². The summed E-state index contributed by atoms with van der Waals surface area (Å²) in [6, 6.07) is 25.0. The number of para-hydroxylation sites is 1. The first kappa shape index (κ1) is 17.4. The van der Waals surface area contributed by atoms with Crippen molar-refractivity contribution in [2.75, 3.05) is 5.32 Å². The van der Waals surface area contributed by atoms with Crippen LogP contribution in [0.1, 0.15) is 5.56 Å². The van der Waals surface area contributed by atoms with Crippen molar-refractivity contribution in [2.45, 2.75) is 16.3 Å². The maximum absolute atomic E-state index is 12.2. The Morgan fingerprint density at radius 2 is 1.68 bits per heavy atom. The van der Waals surface area contributed by atoms with E-state index >= 15 is 0 Å². The summed E-state index contributed by atoms with van der Waals surface area (Å²) in [7, 11) is 0. The first-order chi connectivity index (χ1) is 12.2. The highest BCUT2D eigenvalue weighted by molar-refractivity contribution is 7.99. The molecule has 0 fully saturated rings. The Balaban J connectivity index is 1.63. The third-order valence-corrected chi connectivity index (χ3v) is 4.77. The average molecular weight is 369 g/mol. The van der Waals surface area contributed by atoms with Crippen LogP contribution in [0.15, 0.2) is 88.7 Å². The first-order valence-corrected chi connectivity index (χ1v) is 9.01. The molecule has 3 nitrogen and oxygen atoms in total. The molecule has 5 heteroatoms. The summed E-state index contributed by atoms with van der Waals surface area (Å²) in [6.07, 6.45) is 0. The zero-order valence-corrected chi connectivity index (χ0v) is 15.0.